The lowest BCUT2D eigenvalue weighted by Gasteiger charge is -2.23. The third-order valence-corrected chi connectivity index (χ3v) is 6.64. The first-order valence-corrected chi connectivity index (χ1v) is 11.1. The van der Waals surface area contributed by atoms with Gasteiger partial charge < -0.3 is 0 Å². The first-order chi connectivity index (χ1) is 15.7. The Balaban J connectivity index is 1.84. The van der Waals surface area contributed by atoms with Gasteiger partial charge in [-0.3, -0.25) is 0 Å². The summed E-state index contributed by atoms with van der Waals surface area (Å²) in [5.74, 6) is 0. The second-order valence-electron chi connectivity index (χ2n) is 8.52. The molecule has 0 atom stereocenters. The predicted octanol–water partition coefficient (Wildman–Crippen LogP) is 7.47. The van der Waals surface area contributed by atoms with E-state index in [-0.39, 0.29) is 0 Å². The Bertz CT molecular complexity index is 1490. The average molecular weight is 411 g/mol. The van der Waals surface area contributed by atoms with Crippen LogP contribution < -0.4 is 4.57 Å². The number of hydrogen-bond donors (Lipinski definition) is 0. The van der Waals surface area contributed by atoms with Crippen molar-refractivity contribution in [2.24, 2.45) is 7.05 Å². The lowest BCUT2D eigenvalue weighted by atomic mass is 9.79. The van der Waals surface area contributed by atoms with Gasteiger partial charge in [0.05, 0.1) is 5.56 Å². The van der Waals surface area contributed by atoms with Crippen LogP contribution in [0.15, 0.2) is 109 Å². The molecule has 1 aromatic heterocycles. The lowest BCUT2D eigenvalue weighted by Crippen LogP contribution is -2.31. The second kappa shape index (κ2) is 7.32. The molecule has 0 bridgehead atoms. The molecule has 4 aromatic carbocycles. The standard InChI is InChI=1S/C31H24N/c1-21-11-3-4-12-22(21)31-30-28-18-10-9-16-26(28)24-14-6-5-13-23(24)25-15-7-8-17-27(25)29(30)19-20-32(31)2/h3-20H,1-2H3/q+1. The van der Waals surface area contributed by atoms with Crippen LogP contribution in [0, 0.1) is 6.92 Å². The van der Waals surface area contributed by atoms with Gasteiger partial charge in [0, 0.05) is 17.2 Å². The molecule has 0 spiro atoms. The number of benzene rings is 4. The smallest absolute Gasteiger partial charge is 0.200 e. The molecule has 0 saturated carbocycles. The highest BCUT2D eigenvalue weighted by Gasteiger charge is 2.28. The molecule has 0 N–H and O–H groups in total. The van der Waals surface area contributed by atoms with Crippen molar-refractivity contribution in [3.8, 4) is 55.8 Å². The summed E-state index contributed by atoms with van der Waals surface area (Å²) in [6.45, 7) is 2.20. The van der Waals surface area contributed by atoms with Crippen molar-refractivity contribution in [3.05, 3.63) is 115 Å². The zero-order chi connectivity index (χ0) is 21.7. The number of hydrogen-bond acceptors (Lipinski definition) is 0. The quantitative estimate of drug-likeness (QED) is 0.248. The normalized spacial score (nSPS) is 11.4. The van der Waals surface area contributed by atoms with Crippen molar-refractivity contribution < 1.29 is 4.57 Å². The maximum Gasteiger partial charge on any atom is 0.221 e. The van der Waals surface area contributed by atoms with Crippen molar-refractivity contribution >= 4 is 0 Å². The second-order valence-corrected chi connectivity index (χ2v) is 8.52. The van der Waals surface area contributed by atoms with Gasteiger partial charge in [-0.25, -0.2) is 4.57 Å². The molecule has 1 heteroatoms. The summed E-state index contributed by atoms with van der Waals surface area (Å²) in [4.78, 5) is 0. The van der Waals surface area contributed by atoms with Crippen LogP contribution in [-0.4, -0.2) is 0 Å². The van der Waals surface area contributed by atoms with E-state index in [0.717, 1.165) is 0 Å². The number of fused-ring (bicyclic) bond motifs is 8. The van der Waals surface area contributed by atoms with E-state index in [1.807, 2.05) is 0 Å². The SMILES string of the molecule is Cc1ccccc1-c1c2c(cc[n+]1C)-c1ccccc1-c1ccccc1-c1ccccc1-2. The highest BCUT2D eigenvalue weighted by atomic mass is 14.9. The van der Waals surface area contributed by atoms with Crippen LogP contribution in [0.3, 0.4) is 0 Å². The summed E-state index contributed by atoms with van der Waals surface area (Å²) >= 11 is 0. The summed E-state index contributed by atoms with van der Waals surface area (Å²) in [5.41, 5.74) is 14.1. The lowest BCUT2D eigenvalue weighted by molar-refractivity contribution is -0.659. The summed E-state index contributed by atoms with van der Waals surface area (Å²) in [6.07, 6.45) is 2.20. The predicted molar refractivity (Wildman–Crippen MR) is 133 cm³/mol. The highest BCUT2D eigenvalue weighted by Crippen LogP contribution is 2.49. The molecule has 0 radical (unpaired) electrons. The van der Waals surface area contributed by atoms with Crippen LogP contribution in [0.5, 0.6) is 0 Å². The van der Waals surface area contributed by atoms with Crippen molar-refractivity contribution in [3.63, 3.8) is 0 Å². The fourth-order valence-corrected chi connectivity index (χ4v) is 5.15. The maximum absolute atomic E-state index is 2.28. The molecule has 5 aromatic rings. The van der Waals surface area contributed by atoms with Crippen LogP contribution in [0.4, 0.5) is 0 Å². The maximum atomic E-state index is 2.28. The molecule has 1 aliphatic carbocycles. The van der Waals surface area contributed by atoms with Crippen LogP contribution >= 0.6 is 0 Å². The zero-order valence-corrected chi connectivity index (χ0v) is 18.3. The van der Waals surface area contributed by atoms with Crippen molar-refractivity contribution in [2.75, 3.05) is 0 Å². The largest absolute Gasteiger partial charge is 0.221 e. The Labute approximate surface area is 189 Å². The highest BCUT2D eigenvalue weighted by molar-refractivity contribution is 6.05. The van der Waals surface area contributed by atoms with Crippen molar-refractivity contribution in [2.45, 2.75) is 6.92 Å². The molecule has 0 aliphatic heterocycles. The van der Waals surface area contributed by atoms with E-state index < -0.39 is 0 Å². The van der Waals surface area contributed by atoms with Gasteiger partial charge in [-0.05, 0) is 51.9 Å². The van der Waals surface area contributed by atoms with Gasteiger partial charge in [0.15, 0.2) is 6.20 Å². The van der Waals surface area contributed by atoms with Crippen LogP contribution in [0.2, 0.25) is 0 Å². The minimum absolute atomic E-state index is 1.25. The summed E-state index contributed by atoms with van der Waals surface area (Å²) in [6, 6.07) is 37.4. The molecule has 32 heavy (non-hydrogen) atoms. The summed E-state index contributed by atoms with van der Waals surface area (Å²) in [5, 5.41) is 0. The molecule has 0 unspecified atom stereocenters. The van der Waals surface area contributed by atoms with Crippen molar-refractivity contribution in [1.82, 2.24) is 0 Å². The Kier molecular flexibility index (Phi) is 4.29. The van der Waals surface area contributed by atoms with E-state index >= 15 is 0 Å². The van der Waals surface area contributed by atoms with Crippen LogP contribution in [0.1, 0.15) is 5.56 Å². The summed E-state index contributed by atoms with van der Waals surface area (Å²) < 4.78 is 2.27. The fourth-order valence-electron chi connectivity index (χ4n) is 5.15. The molecule has 1 heterocycles. The molecule has 0 amide bonds. The molecular formula is C31H24N+. The first-order valence-electron chi connectivity index (χ1n) is 11.1. The van der Waals surface area contributed by atoms with Gasteiger partial charge in [0.2, 0.25) is 5.69 Å². The van der Waals surface area contributed by atoms with E-state index in [2.05, 4.69) is 128 Å². The Morgan fingerprint density at radius 1 is 0.438 bits per heavy atom. The van der Waals surface area contributed by atoms with Gasteiger partial charge in [-0.1, -0.05) is 91.0 Å². The Morgan fingerprint density at radius 3 is 1.38 bits per heavy atom. The van der Waals surface area contributed by atoms with E-state index in [9.17, 15) is 0 Å². The van der Waals surface area contributed by atoms with E-state index in [0.29, 0.717) is 0 Å². The third kappa shape index (κ3) is 2.75. The molecule has 1 aliphatic rings. The molecular weight excluding hydrogens is 386 g/mol. The zero-order valence-electron chi connectivity index (χ0n) is 18.3. The number of aromatic nitrogens is 1. The van der Waals surface area contributed by atoms with E-state index in [1.54, 1.807) is 0 Å². The minimum Gasteiger partial charge on any atom is -0.200 e. The monoisotopic (exact) mass is 410 g/mol. The first kappa shape index (κ1) is 18.8. The van der Waals surface area contributed by atoms with Crippen LogP contribution in [-0.2, 0) is 7.05 Å². The molecule has 1 nitrogen and oxygen atoms in total. The van der Waals surface area contributed by atoms with E-state index in [1.165, 1.54) is 61.3 Å². The van der Waals surface area contributed by atoms with Crippen molar-refractivity contribution in [1.29, 1.82) is 0 Å². The topological polar surface area (TPSA) is 3.88 Å². The number of nitrogens with zero attached hydrogens (tertiary/aromatic N) is 1. The molecule has 0 saturated heterocycles. The Morgan fingerprint density at radius 2 is 0.844 bits per heavy atom. The van der Waals surface area contributed by atoms with Gasteiger partial charge in [0.1, 0.15) is 7.05 Å². The number of aryl methyl sites for hydroxylation is 2. The van der Waals surface area contributed by atoms with Gasteiger partial charge in [-0.2, -0.15) is 0 Å². The molecule has 6 rings (SSSR count). The fraction of sp³-hybridized carbons (Fsp3) is 0.0645. The third-order valence-electron chi connectivity index (χ3n) is 6.64. The van der Waals surface area contributed by atoms with Crippen LogP contribution in [0.25, 0.3) is 55.8 Å². The van der Waals surface area contributed by atoms with Gasteiger partial charge in [-0.15, -0.1) is 0 Å². The minimum atomic E-state index is 1.25. The van der Waals surface area contributed by atoms with Gasteiger partial charge >= 0.3 is 0 Å². The number of pyridine rings is 1. The summed E-state index contributed by atoms with van der Waals surface area (Å²) in [7, 11) is 2.16. The number of rotatable bonds is 1. The molecule has 152 valence electrons. The van der Waals surface area contributed by atoms with Gasteiger partial charge in [0.25, 0.3) is 0 Å². The van der Waals surface area contributed by atoms with E-state index in [4.69, 9.17) is 0 Å². The Hall–Kier alpha value is -3.97. The average Bonchev–Trinajstić information content (AvgIpc) is 2.84. The molecule has 0 fully saturated rings.